The quantitative estimate of drug-likeness (QED) is 0.578. The van der Waals surface area contributed by atoms with Crippen molar-refractivity contribution in [1.29, 1.82) is 0 Å². The van der Waals surface area contributed by atoms with Gasteiger partial charge in [0.15, 0.2) is 0 Å². The lowest BCUT2D eigenvalue weighted by Gasteiger charge is -2.24. The average molecular weight is 455 g/mol. The van der Waals surface area contributed by atoms with Crippen molar-refractivity contribution in [1.82, 2.24) is 19.9 Å². The monoisotopic (exact) mass is 455 g/mol. The minimum absolute atomic E-state index is 0.145. The summed E-state index contributed by atoms with van der Waals surface area (Å²) in [6, 6.07) is 7.13. The van der Waals surface area contributed by atoms with Crippen LogP contribution in [0.25, 0.3) is 11.0 Å². The number of aryl methyl sites for hydroxylation is 1. The van der Waals surface area contributed by atoms with E-state index in [4.69, 9.17) is 9.47 Å². The van der Waals surface area contributed by atoms with Crippen LogP contribution in [0.1, 0.15) is 36.8 Å². The Bertz CT molecular complexity index is 1170. The van der Waals surface area contributed by atoms with Crippen LogP contribution >= 0.6 is 0 Å². The van der Waals surface area contributed by atoms with Gasteiger partial charge in [-0.05, 0) is 58.0 Å². The molecule has 0 radical (unpaired) electrons. The number of fused-ring (bicyclic) bond motifs is 1. The minimum atomic E-state index is -0.670. The molecule has 2 N–H and O–H groups in total. The van der Waals surface area contributed by atoms with Crippen molar-refractivity contribution in [2.24, 2.45) is 0 Å². The summed E-state index contributed by atoms with van der Waals surface area (Å²) in [6.07, 6.45) is 0.280. The molecule has 1 aliphatic rings. The van der Waals surface area contributed by atoms with E-state index in [-0.39, 0.29) is 18.9 Å². The highest BCUT2D eigenvalue weighted by atomic mass is 19.1. The van der Waals surface area contributed by atoms with Gasteiger partial charge in [0.25, 0.3) is 0 Å². The largest absolute Gasteiger partial charge is 0.455 e. The van der Waals surface area contributed by atoms with Crippen LogP contribution in [0.5, 0.6) is 0 Å². The first kappa shape index (κ1) is 22.5. The van der Waals surface area contributed by atoms with Crippen molar-refractivity contribution in [2.75, 3.05) is 18.4 Å². The molecule has 4 rings (SSSR count). The molecule has 9 nitrogen and oxygen atoms in total. The lowest BCUT2D eigenvalue weighted by molar-refractivity contribution is 0.0187. The number of pyridine rings is 1. The first-order chi connectivity index (χ1) is 15.6. The number of nitrogens with one attached hydrogen (secondary N) is 2. The smallest absolute Gasteiger partial charge is 0.410 e. The summed E-state index contributed by atoms with van der Waals surface area (Å²) in [5.41, 5.74) is 1.54. The van der Waals surface area contributed by atoms with Gasteiger partial charge in [-0.15, -0.1) is 0 Å². The molecule has 3 aromatic rings. The molecule has 174 valence electrons. The number of amides is 1. The van der Waals surface area contributed by atoms with Gasteiger partial charge in [0.1, 0.15) is 17.5 Å². The molecule has 3 heterocycles. The normalized spacial score (nSPS) is 18.4. The third-order valence-corrected chi connectivity index (χ3v) is 5.09. The molecule has 0 unspecified atom stereocenters. The Morgan fingerprint density at radius 2 is 2.00 bits per heavy atom. The third kappa shape index (κ3) is 5.39. The van der Waals surface area contributed by atoms with Gasteiger partial charge < -0.3 is 24.7 Å². The van der Waals surface area contributed by atoms with Crippen molar-refractivity contribution >= 4 is 29.0 Å². The fourth-order valence-electron chi connectivity index (χ4n) is 3.53. The van der Waals surface area contributed by atoms with E-state index in [2.05, 4.69) is 20.3 Å². The second-order valence-corrected chi connectivity index (χ2v) is 9.02. The van der Waals surface area contributed by atoms with Crippen LogP contribution in [0.4, 0.5) is 15.1 Å². The van der Waals surface area contributed by atoms with Gasteiger partial charge in [0.05, 0.1) is 29.2 Å². The second-order valence-electron chi connectivity index (χ2n) is 9.02. The maximum absolute atomic E-state index is 13.5. The highest BCUT2D eigenvalue weighted by Crippen LogP contribution is 2.23. The number of aromatic amines is 1. The summed E-state index contributed by atoms with van der Waals surface area (Å²) in [5.74, 6) is -0.546. The van der Waals surface area contributed by atoms with Crippen LogP contribution in [0.2, 0.25) is 0 Å². The van der Waals surface area contributed by atoms with Gasteiger partial charge in [-0.1, -0.05) is 0 Å². The molecule has 1 saturated heterocycles. The maximum Gasteiger partial charge on any atom is 0.410 e. The van der Waals surface area contributed by atoms with Gasteiger partial charge in [-0.25, -0.2) is 19.0 Å². The number of likely N-dealkylation sites (tertiary alicyclic amines) is 1. The number of ether oxygens (including phenoxy) is 2. The van der Waals surface area contributed by atoms with Crippen molar-refractivity contribution in [2.45, 2.75) is 45.4 Å². The number of benzene rings is 1. The standard InChI is InChI=1S/C23H26FN5O4/c1-13-5-6-14(10-25-13)20(30)32-19-12-29(22(31)33-23(2,3)4)11-18(19)28-21-26-16-8-7-15(24)9-17(16)27-21/h5-10,18-19H,11-12H2,1-4H3,(H2,26,27,28)/t18-,19-/m0/s1. The molecule has 0 aliphatic carbocycles. The Morgan fingerprint density at radius 1 is 1.21 bits per heavy atom. The van der Waals surface area contributed by atoms with Gasteiger partial charge in [-0.3, -0.25) is 4.98 Å². The number of nitrogens with zero attached hydrogens (tertiary/aromatic N) is 3. The lowest BCUT2D eigenvalue weighted by atomic mass is 10.2. The predicted molar refractivity (Wildman–Crippen MR) is 119 cm³/mol. The van der Waals surface area contributed by atoms with Gasteiger partial charge in [-0.2, -0.15) is 0 Å². The van der Waals surface area contributed by atoms with Crippen LogP contribution in [0.15, 0.2) is 36.5 Å². The number of carbonyl (C=O) groups is 2. The molecule has 10 heteroatoms. The molecular formula is C23H26FN5O4. The first-order valence-electron chi connectivity index (χ1n) is 10.6. The number of H-pyrrole nitrogens is 1. The highest BCUT2D eigenvalue weighted by molar-refractivity contribution is 5.89. The number of hydrogen-bond donors (Lipinski definition) is 2. The number of aromatic nitrogens is 3. The Kier molecular flexibility index (Phi) is 5.92. The summed E-state index contributed by atoms with van der Waals surface area (Å²) in [5, 5.41) is 3.18. The van der Waals surface area contributed by atoms with E-state index in [1.165, 1.54) is 23.2 Å². The zero-order chi connectivity index (χ0) is 23.8. The first-order valence-corrected chi connectivity index (χ1v) is 10.6. The van der Waals surface area contributed by atoms with Gasteiger partial charge in [0.2, 0.25) is 5.95 Å². The van der Waals surface area contributed by atoms with E-state index >= 15 is 0 Å². The van der Waals surface area contributed by atoms with Crippen molar-refractivity contribution in [3.63, 3.8) is 0 Å². The number of carbonyl (C=O) groups excluding carboxylic acids is 2. The van der Waals surface area contributed by atoms with Crippen LogP contribution in [0, 0.1) is 12.7 Å². The molecule has 1 amide bonds. The summed E-state index contributed by atoms with van der Waals surface area (Å²) in [4.78, 5) is 38.4. The summed E-state index contributed by atoms with van der Waals surface area (Å²) < 4.78 is 24.7. The number of esters is 1. The summed E-state index contributed by atoms with van der Waals surface area (Å²) >= 11 is 0. The molecule has 0 saturated carbocycles. The molecule has 1 fully saturated rings. The molecule has 0 bridgehead atoms. The van der Waals surface area contributed by atoms with Gasteiger partial charge in [0, 0.05) is 18.4 Å². The van der Waals surface area contributed by atoms with Crippen LogP contribution < -0.4 is 5.32 Å². The summed E-state index contributed by atoms with van der Waals surface area (Å²) in [6.45, 7) is 7.55. The zero-order valence-corrected chi connectivity index (χ0v) is 18.9. The zero-order valence-electron chi connectivity index (χ0n) is 18.9. The number of halogens is 1. The van der Waals surface area contributed by atoms with Crippen LogP contribution in [-0.2, 0) is 9.47 Å². The van der Waals surface area contributed by atoms with Crippen molar-refractivity contribution in [3.8, 4) is 0 Å². The molecule has 2 atom stereocenters. The van der Waals surface area contributed by atoms with Crippen molar-refractivity contribution < 1.29 is 23.5 Å². The van der Waals surface area contributed by atoms with E-state index in [0.717, 1.165) is 5.69 Å². The Morgan fingerprint density at radius 3 is 2.70 bits per heavy atom. The predicted octanol–water partition coefficient (Wildman–Crippen LogP) is 3.66. The minimum Gasteiger partial charge on any atom is -0.455 e. The van der Waals surface area contributed by atoms with E-state index in [9.17, 15) is 14.0 Å². The highest BCUT2D eigenvalue weighted by Gasteiger charge is 2.40. The molecule has 1 aromatic carbocycles. The lowest BCUT2D eigenvalue weighted by Crippen LogP contribution is -2.36. The van der Waals surface area contributed by atoms with Gasteiger partial charge >= 0.3 is 12.1 Å². The Balaban J connectivity index is 1.54. The van der Waals surface area contributed by atoms with Crippen LogP contribution in [-0.4, -0.2) is 62.8 Å². The SMILES string of the molecule is Cc1ccc(C(=O)O[C@H]2CN(C(=O)OC(C)(C)C)C[C@@H]2Nc2nc3ccc(F)cc3[nH]2)cn1. The third-order valence-electron chi connectivity index (χ3n) is 5.09. The second kappa shape index (κ2) is 8.68. The average Bonchev–Trinajstić information content (AvgIpc) is 3.30. The number of hydrogen-bond acceptors (Lipinski definition) is 7. The van der Waals surface area contributed by atoms with E-state index < -0.39 is 29.8 Å². The summed E-state index contributed by atoms with van der Waals surface area (Å²) in [7, 11) is 0. The molecule has 0 spiro atoms. The fraction of sp³-hybridized carbons (Fsp3) is 0.391. The fourth-order valence-corrected chi connectivity index (χ4v) is 3.53. The van der Waals surface area contributed by atoms with E-state index in [1.54, 1.807) is 39.0 Å². The molecular weight excluding hydrogens is 429 g/mol. The number of rotatable bonds is 4. The number of anilines is 1. The Hall–Kier alpha value is -3.69. The molecule has 2 aromatic heterocycles. The van der Waals surface area contributed by atoms with E-state index in [0.29, 0.717) is 22.5 Å². The molecule has 33 heavy (non-hydrogen) atoms. The Labute approximate surface area is 190 Å². The van der Waals surface area contributed by atoms with Crippen LogP contribution in [0.3, 0.4) is 0 Å². The van der Waals surface area contributed by atoms with E-state index in [1.807, 2.05) is 6.92 Å². The topological polar surface area (TPSA) is 109 Å². The maximum atomic E-state index is 13.5. The molecule has 1 aliphatic heterocycles. The van der Waals surface area contributed by atoms with Crippen molar-refractivity contribution in [3.05, 3.63) is 53.6 Å². The number of imidazole rings is 1.